The SMILES string of the molecule is CCOC(CN1CC[C@@H]2CCN(C)C[C@@H]21)OCC. The normalized spacial score (nSPS) is 30.0. The molecule has 0 bridgehead atoms. The number of likely N-dealkylation sites (tertiary alicyclic amines) is 2. The van der Waals surface area contributed by atoms with Gasteiger partial charge in [-0.2, -0.15) is 0 Å². The Hall–Kier alpha value is -0.160. The predicted molar refractivity (Wildman–Crippen MR) is 72.6 cm³/mol. The minimum Gasteiger partial charge on any atom is -0.352 e. The number of rotatable bonds is 6. The smallest absolute Gasteiger partial charge is 0.170 e. The zero-order valence-corrected chi connectivity index (χ0v) is 12.1. The van der Waals surface area contributed by atoms with Gasteiger partial charge in [0.05, 0.1) is 0 Å². The Labute approximate surface area is 111 Å². The first-order valence-electron chi connectivity index (χ1n) is 7.40. The van der Waals surface area contributed by atoms with Gasteiger partial charge in [-0.1, -0.05) is 0 Å². The highest BCUT2D eigenvalue weighted by Crippen LogP contribution is 2.31. The monoisotopic (exact) mass is 256 g/mol. The van der Waals surface area contributed by atoms with Crippen LogP contribution in [-0.2, 0) is 9.47 Å². The summed E-state index contributed by atoms with van der Waals surface area (Å²) >= 11 is 0. The van der Waals surface area contributed by atoms with E-state index in [1.165, 1.54) is 32.5 Å². The highest BCUT2D eigenvalue weighted by molar-refractivity contribution is 4.92. The third kappa shape index (κ3) is 3.44. The van der Waals surface area contributed by atoms with Crippen LogP contribution in [0.25, 0.3) is 0 Å². The molecule has 106 valence electrons. The third-order valence-corrected chi connectivity index (χ3v) is 4.27. The van der Waals surface area contributed by atoms with Gasteiger partial charge in [0.1, 0.15) is 0 Å². The van der Waals surface area contributed by atoms with Crippen molar-refractivity contribution in [3.05, 3.63) is 0 Å². The first-order chi connectivity index (χ1) is 8.74. The fourth-order valence-corrected chi connectivity index (χ4v) is 3.33. The molecule has 2 fully saturated rings. The van der Waals surface area contributed by atoms with Crippen molar-refractivity contribution in [2.24, 2.45) is 5.92 Å². The number of hydrogen-bond donors (Lipinski definition) is 0. The van der Waals surface area contributed by atoms with Crippen molar-refractivity contribution in [3.8, 4) is 0 Å². The summed E-state index contributed by atoms with van der Waals surface area (Å²) in [5, 5.41) is 0. The molecule has 18 heavy (non-hydrogen) atoms. The Kier molecular flexibility index (Phi) is 5.42. The van der Waals surface area contributed by atoms with Crippen molar-refractivity contribution < 1.29 is 9.47 Å². The quantitative estimate of drug-likeness (QED) is 0.671. The van der Waals surface area contributed by atoms with Crippen LogP contribution in [0.5, 0.6) is 0 Å². The van der Waals surface area contributed by atoms with Crippen molar-refractivity contribution in [2.75, 3.05) is 46.4 Å². The maximum Gasteiger partial charge on any atom is 0.170 e. The van der Waals surface area contributed by atoms with Gasteiger partial charge in [-0.15, -0.1) is 0 Å². The van der Waals surface area contributed by atoms with Crippen LogP contribution < -0.4 is 0 Å². The second kappa shape index (κ2) is 6.85. The number of fused-ring (bicyclic) bond motifs is 1. The maximum absolute atomic E-state index is 5.67. The highest BCUT2D eigenvalue weighted by atomic mass is 16.7. The van der Waals surface area contributed by atoms with Gasteiger partial charge in [0.15, 0.2) is 6.29 Å². The summed E-state index contributed by atoms with van der Waals surface area (Å²) in [6.07, 6.45) is 2.65. The summed E-state index contributed by atoms with van der Waals surface area (Å²) in [4.78, 5) is 5.03. The molecule has 0 unspecified atom stereocenters. The standard InChI is InChI=1S/C14H28N2O2/c1-4-17-14(18-5-2)11-16-9-7-12-6-8-15(3)10-13(12)16/h12-14H,4-11H2,1-3H3/t12-,13-/m0/s1. The van der Waals surface area contributed by atoms with Gasteiger partial charge in [-0.05, 0) is 52.7 Å². The van der Waals surface area contributed by atoms with Gasteiger partial charge in [0.25, 0.3) is 0 Å². The molecule has 2 rings (SSSR count). The van der Waals surface area contributed by atoms with Gasteiger partial charge >= 0.3 is 0 Å². The van der Waals surface area contributed by atoms with Crippen molar-refractivity contribution in [3.63, 3.8) is 0 Å². The van der Waals surface area contributed by atoms with E-state index >= 15 is 0 Å². The zero-order valence-electron chi connectivity index (χ0n) is 12.1. The first-order valence-corrected chi connectivity index (χ1v) is 7.40. The fourth-order valence-electron chi connectivity index (χ4n) is 3.33. The molecule has 0 N–H and O–H groups in total. The lowest BCUT2D eigenvalue weighted by molar-refractivity contribution is -0.149. The number of nitrogens with zero attached hydrogens (tertiary/aromatic N) is 2. The third-order valence-electron chi connectivity index (χ3n) is 4.27. The molecule has 0 radical (unpaired) electrons. The van der Waals surface area contributed by atoms with E-state index in [-0.39, 0.29) is 6.29 Å². The van der Waals surface area contributed by atoms with E-state index < -0.39 is 0 Å². The molecule has 2 atom stereocenters. The molecule has 0 spiro atoms. The summed E-state index contributed by atoms with van der Waals surface area (Å²) in [6, 6.07) is 0.715. The Morgan fingerprint density at radius 2 is 1.78 bits per heavy atom. The van der Waals surface area contributed by atoms with Crippen LogP contribution in [0.2, 0.25) is 0 Å². The molecule has 0 aliphatic carbocycles. The highest BCUT2D eigenvalue weighted by Gasteiger charge is 2.38. The average Bonchev–Trinajstić information content (AvgIpc) is 2.73. The number of likely N-dealkylation sites (N-methyl/N-ethyl adjacent to an activating group) is 1. The van der Waals surface area contributed by atoms with Crippen LogP contribution in [0, 0.1) is 5.92 Å². The van der Waals surface area contributed by atoms with Crippen molar-refractivity contribution in [2.45, 2.75) is 39.0 Å². The molecule has 2 heterocycles. The molecule has 2 aliphatic heterocycles. The largest absolute Gasteiger partial charge is 0.352 e. The number of piperidine rings is 1. The lowest BCUT2D eigenvalue weighted by atomic mass is 9.92. The van der Waals surface area contributed by atoms with Gasteiger partial charge in [-0.3, -0.25) is 4.90 Å². The molecule has 4 heteroatoms. The number of ether oxygens (including phenoxy) is 2. The van der Waals surface area contributed by atoms with Crippen molar-refractivity contribution >= 4 is 0 Å². The van der Waals surface area contributed by atoms with Gasteiger partial charge in [-0.25, -0.2) is 0 Å². The van der Waals surface area contributed by atoms with E-state index in [4.69, 9.17) is 9.47 Å². The molecule has 2 saturated heterocycles. The van der Waals surface area contributed by atoms with Gasteiger partial charge in [0.2, 0.25) is 0 Å². The summed E-state index contributed by atoms with van der Waals surface area (Å²) in [7, 11) is 2.23. The van der Waals surface area contributed by atoms with Crippen LogP contribution in [0.4, 0.5) is 0 Å². The molecule has 0 aromatic rings. The van der Waals surface area contributed by atoms with Crippen molar-refractivity contribution in [1.29, 1.82) is 0 Å². The Balaban J connectivity index is 1.87. The molecule has 0 saturated carbocycles. The van der Waals surface area contributed by atoms with E-state index in [2.05, 4.69) is 16.8 Å². The average molecular weight is 256 g/mol. The fraction of sp³-hybridized carbons (Fsp3) is 1.00. The molecular weight excluding hydrogens is 228 g/mol. The zero-order chi connectivity index (χ0) is 13.0. The topological polar surface area (TPSA) is 24.9 Å². The van der Waals surface area contributed by atoms with Crippen LogP contribution in [0.15, 0.2) is 0 Å². The first kappa shape index (κ1) is 14.3. The van der Waals surface area contributed by atoms with E-state index in [1.54, 1.807) is 0 Å². The molecule has 2 aliphatic rings. The number of hydrogen-bond acceptors (Lipinski definition) is 4. The van der Waals surface area contributed by atoms with E-state index in [9.17, 15) is 0 Å². The van der Waals surface area contributed by atoms with Gasteiger partial charge in [0, 0.05) is 32.3 Å². The minimum atomic E-state index is -0.0500. The molecule has 0 amide bonds. The summed E-state index contributed by atoms with van der Waals surface area (Å²) in [5.41, 5.74) is 0. The molecule has 0 aromatic heterocycles. The summed E-state index contributed by atoms with van der Waals surface area (Å²) < 4.78 is 11.3. The molecule has 4 nitrogen and oxygen atoms in total. The molecular formula is C14H28N2O2. The van der Waals surface area contributed by atoms with Crippen LogP contribution in [0.1, 0.15) is 26.7 Å². The predicted octanol–water partition coefficient (Wildman–Crippen LogP) is 1.41. The van der Waals surface area contributed by atoms with Crippen LogP contribution in [-0.4, -0.2) is 68.6 Å². The lowest BCUT2D eigenvalue weighted by Crippen LogP contribution is -2.49. The van der Waals surface area contributed by atoms with E-state index in [0.717, 1.165) is 25.7 Å². The van der Waals surface area contributed by atoms with Crippen molar-refractivity contribution in [1.82, 2.24) is 9.80 Å². The summed E-state index contributed by atoms with van der Waals surface area (Å²) in [5.74, 6) is 0.894. The van der Waals surface area contributed by atoms with E-state index in [1.807, 2.05) is 13.8 Å². The Morgan fingerprint density at radius 1 is 1.11 bits per heavy atom. The lowest BCUT2D eigenvalue weighted by Gasteiger charge is -2.37. The second-order valence-electron chi connectivity index (χ2n) is 5.50. The molecule has 0 aromatic carbocycles. The van der Waals surface area contributed by atoms with Crippen LogP contribution >= 0.6 is 0 Å². The summed E-state index contributed by atoms with van der Waals surface area (Å²) in [6.45, 7) is 10.1. The maximum atomic E-state index is 5.67. The second-order valence-corrected chi connectivity index (χ2v) is 5.50. The van der Waals surface area contributed by atoms with Crippen LogP contribution in [0.3, 0.4) is 0 Å². The Bertz CT molecular complexity index is 244. The minimum absolute atomic E-state index is 0.0500. The van der Waals surface area contributed by atoms with E-state index in [0.29, 0.717) is 6.04 Å². The Morgan fingerprint density at radius 3 is 2.44 bits per heavy atom. The van der Waals surface area contributed by atoms with Gasteiger partial charge < -0.3 is 14.4 Å².